The van der Waals surface area contributed by atoms with Crippen molar-refractivity contribution in [3.63, 3.8) is 0 Å². The minimum Gasteiger partial charge on any atom is -0.472 e. The molecule has 0 aliphatic carbocycles. The Hall–Kier alpha value is -2.54. The first-order valence-corrected chi connectivity index (χ1v) is 6.67. The normalized spacial score (nSPS) is 12.4. The second-order valence-corrected chi connectivity index (χ2v) is 4.78. The van der Waals surface area contributed by atoms with E-state index < -0.39 is 6.10 Å². The van der Waals surface area contributed by atoms with Crippen molar-refractivity contribution in [3.05, 3.63) is 59.6 Å². The van der Waals surface area contributed by atoms with Crippen molar-refractivity contribution < 1.29 is 9.52 Å². The molecule has 2 N–H and O–H groups in total. The van der Waals surface area contributed by atoms with Gasteiger partial charge < -0.3 is 9.52 Å². The number of nitrogens with zero attached hydrogens (tertiary/aromatic N) is 4. The van der Waals surface area contributed by atoms with E-state index in [0.29, 0.717) is 18.7 Å². The third kappa shape index (κ3) is 3.32. The Balaban J connectivity index is 1.63. The van der Waals surface area contributed by atoms with Crippen LogP contribution in [0.4, 0.5) is 0 Å². The quantitative estimate of drug-likeness (QED) is 0.710. The summed E-state index contributed by atoms with van der Waals surface area (Å²) >= 11 is 0. The molecule has 0 fully saturated rings. The van der Waals surface area contributed by atoms with E-state index in [1.807, 2.05) is 12.1 Å². The summed E-state index contributed by atoms with van der Waals surface area (Å²) in [7, 11) is 0. The first-order chi connectivity index (χ1) is 10.3. The summed E-state index contributed by atoms with van der Waals surface area (Å²) in [6.07, 6.45) is 8.27. The van der Waals surface area contributed by atoms with E-state index in [1.165, 1.54) is 5.56 Å². The molecule has 0 bridgehead atoms. The molecule has 21 heavy (non-hydrogen) atoms. The monoisotopic (exact) mass is 285 g/mol. The van der Waals surface area contributed by atoms with Crippen molar-refractivity contribution in [2.75, 3.05) is 0 Å². The molecule has 0 amide bonds. The fourth-order valence-electron chi connectivity index (χ4n) is 2.18. The highest BCUT2D eigenvalue weighted by Crippen LogP contribution is 2.20. The Bertz CT molecular complexity index is 666. The molecule has 3 aromatic heterocycles. The molecule has 7 heteroatoms. The van der Waals surface area contributed by atoms with Gasteiger partial charge in [-0.1, -0.05) is 5.21 Å². The third-order valence-electron chi connectivity index (χ3n) is 3.32. The van der Waals surface area contributed by atoms with Gasteiger partial charge in [0.1, 0.15) is 6.10 Å². The van der Waals surface area contributed by atoms with E-state index in [-0.39, 0.29) is 0 Å². The Morgan fingerprint density at radius 2 is 2.00 bits per heavy atom. The Morgan fingerprint density at radius 3 is 2.76 bits per heavy atom. The van der Waals surface area contributed by atoms with Crippen LogP contribution in [-0.4, -0.2) is 30.7 Å². The summed E-state index contributed by atoms with van der Waals surface area (Å²) in [5, 5.41) is 23.3. The fourth-order valence-corrected chi connectivity index (χ4v) is 2.18. The van der Waals surface area contributed by atoms with Gasteiger partial charge in [-0.3, -0.25) is 4.98 Å². The molecular weight excluding hydrogens is 270 g/mol. The fraction of sp³-hybridized carbons (Fsp3) is 0.286. The number of aromatic nitrogens is 5. The Labute approximate surface area is 121 Å². The molecule has 0 saturated carbocycles. The molecule has 3 heterocycles. The van der Waals surface area contributed by atoms with Crippen LogP contribution >= 0.6 is 0 Å². The second kappa shape index (κ2) is 6.27. The van der Waals surface area contributed by atoms with Gasteiger partial charge in [-0.25, -0.2) is 0 Å². The number of pyridine rings is 1. The van der Waals surface area contributed by atoms with E-state index in [2.05, 4.69) is 25.6 Å². The van der Waals surface area contributed by atoms with Crippen molar-refractivity contribution in [2.24, 2.45) is 0 Å². The zero-order valence-electron chi connectivity index (χ0n) is 11.3. The minimum atomic E-state index is -0.729. The number of aliphatic hydroxyl groups is 1. The number of nitrogens with one attached hydrogen (secondary N) is 1. The Kier molecular flexibility index (Phi) is 4.02. The highest BCUT2D eigenvalue weighted by atomic mass is 16.3. The molecule has 108 valence electrons. The van der Waals surface area contributed by atoms with Gasteiger partial charge >= 0.3 is 0 Å². The smallest absolute Gasteiger partial charge is 0.202 e. The predicted molar refractivity (Wildman–Crippen MR) is 73.2 cm³/mol. The van der Waals surface area contributed by atoms with Crippen molar-refractivity contribution >= 4 is 0 Å². The molecule has 1 unspecified atom stereocenters. The first kappa shape index (κ1) is 13.4. The molecule has 0 spiro atoms. The number of rotatable bonds is 6. The van der Waals surface area contributed by atoms with Crippen LogP contribution in [0.3, 0.4) is 0 Å². The van der Waals surface area contributed by atoms with Crippen molar-refractivity contribution in [3.8, 4) is 0 Å². The standard InChI is InChI=1S/C14H15N5O2/c20-13(14-16-18-19-17-14)2-1-11-8-21-9-12(11)7-10-3-5-15-6-4-10/h3-6,8-9,13,20H,1-2,7H2,(H,16,17,18,19). The average molecular weight is 285 g/mol. The topological polar surface area (TPSA) is 101 Å². The number of hydrogen-bond donors (Lipinski definition) is 2. The number of H-pyrrole nitrogens is 1. The van der Waals surface area contributed by atoms with Crippen LogP contribution in [0.2, 0.25) is 0 Å². The molecule has 3 aromatic rings. The molecule has 0 aliphatic rings. The lowest BCUT2D eigenvalue weighted by Gasteiger charge is -2.06. The van der Waals surface area contributed by atoms with Crippen LogP contribution in [0.1, 0.15) is 35.0 Å². The first-order valence-electron chi connectivity index (χ1n) is 6.67. The van der Waals surface area contributed by atoms with E-state index in [4.69, 9.17) is 4.42 Å². The van der Waals surface area contributed by atoms with E-state index >= 15 is 0 Å². The lowest BCUT2D eigenvalue weighted by atomic mass is 10.0. The lowest BCUT2D eigenvalue weighted by molar-refractivity contribution is 0.158. The zero-order chi connectivity index (χ0) is 14.5. The number of aryl methyl sites for hydroxylation is 1. The van der Waals surface area contributed by atoms with Gasteiger partial charge in [0.05, 0.1) is 12.5 Å². The van der Waals surface area contributed by atoms with E-state index in [0.717, 1.165) is 17.5 Å². The lowest BCUT2D eigenvalue weighted by Crippen LogP contribution is -2.03. The molecule has 1 atom stereocenters. The zero-order valence-corrected chi connectivity index (χ0v) is 11.3. The highest BCUT2D eigenvalue weighted by Gasteiger charge is 2.14. The summed E-state index contributed by atoms with van der Waals surface area (Å²) in [5.74, 6) is 0.314. The van der Waals surface area contributed by atoms with Crippen LogP contribution in [0.15, 0.2) is 41.5 Å². The Morgan fingerprint density at radius 1 is 1.19 bits per heavy atom. The number of tetrazole rings is 1. The SMILES string of the molecule is OC(CCc1cocc1Cc1ccncc1)c1nn[nH]n1. The summed E-state index contributed by atoms with van der Waals surface area (Å²) in [6.45, 7) is 0. The summed E-state index contributed by atoms with van der Waals surface area (Å²) < 4.78 is 5.29. The summed E-state index contributed by atoms with van der Waals surface area (Å²) in [4.78, 5) is 4.01. The van der Waals surface area contributed by atoms with Gasteiger partial charge in [-0.15, -0.1) is 10.2 Å². The number of aliphatic hydroxyl groups excluding tert-OH is 1. The van der Waals surface area contributed by atoms with Crippen molar-refractivity contribution in [1.82, 2.24) is 25.6 Å². The molecule has 0 aromatic carbocycles. The van der Waals surface area contributed by atoms with Gasteiger partial charge in [-0.05, 0) is 41.7 Å². The van der Waals surface area contributed by atoms with Crippen LogP contribution in [0.5, 0.6) is 0 Å². The van der Waals surface area contributed by atoms with Crippen LogP contribution in [-0.2, 0) is 12.8 Å². The maximum atomic E-state index is 9.96. The van der Waals surface area contributed by atoms with Gasteiger partial charge in [-0.2, -0.15) is 5.21 Å². The van der Waals surface area contributed by atoms with Crippen molar-refractivity contribution in [2.45, 2.75) is 25.4 Å². The van der Waals surface area contributed by atoms with Crippen LogP contribution in [0.25, 0.3) is 0 Å². The number of hydrogen-bond acceptors (Lipinski definition) is 6. The number of aromatic amines is 1. The summed E-state index contributed by atoms with van der Waals surface area (Å²) in [6, 6.07) is 3.95. The van der Waals surface area contributed by atoms with Crippen LogP contribution < -0.4 is 0 Å². The van der Waals surface area contributed by atoms with Crippen LogP contribution in [0, 0.1) is 0 Å². The maximum Gasteiger partial charge on any atom is 0.202 e. The molecular formula is C14H15N5O2. The largest absolute Gasteiger partial charge is 0.472 e. The van der Waals surface area contributed by atoms with E-state index in [9.17, 15) is 5.11 Å². The molecule has 0 saturated heterocycles. The van der Waals surface area contributed by atoms with Gasteiger partial charge in [0.25, 0.3) is 0 Å². The average Bonchev–Trinajstić information content (AvgIpc) is 3.18. The highest BCUT2D eigenvalue weighted by molar-refractivity contribution is 5.28. The predicted octanol–water partition coefficient (Wildman–Crippen LogP) is 1.44. The molecule has 0 radical (unpaired) electrons. The maximum absolute atomic E-state index is 9.96. The third-order valence-corrected chi connectivity index (χ3v) is 3.32. The minimum absolute atomic E-state index is 0.314. The van der Waals surface area contributed by atoms with E-state index in [1.54, 1.807) is 24.9 Å². The van der Waals surface area contributed by atoms with Crippen molar-refractivity contribution in [1.29, 1.82) is 0 Å². The molecule has 7 nitrogen and oxygen atoms in total. The number of furan rings is 1. The molecule has 3 rings (SSSR count). The van der Waals surface area contributed by atoms with Gasteiger partial charge in [0.15, 0.2) is 0 Å². The van der Waals surface area contributed by atoms with Gasteiger partial charge in [0.2, 0.25) is 5.82 Å². The van der Waals surface area contributed by atoms with Gasteiger partial charge in [0, 0.05) is 18.8 Å². The second-order valence-electron chi connectivity index (χ2n) is 4.78. The summed E-state index contributed by atoms with van der Waals surface area (Å²) in [5.41, 5.74) is 3.36. The molecule has 0 aliphatic heterocycles.